The van der Waals surface area contributed by atoms with Crippen LogP contribution in [-0.2, 0) is 23.8 Å². The van der Waals surface area contributed by atoms with Crippen molar-refractivity contribution >= 4 is 10.1 Å². The zero-order valence-corrected chi connectivity index (χ0v) is 11.5. The maximum atomic E-state index is 11.2. The summed E-state index contributed by atoms with van der Waals surface area (Å²) in [5.74, 6) is -0.285. The lowest BCUT2D eigenvalue weighted by Gasteiger charge is -2.17. The molecule has 18 heavy (non-hydrogen) atoms. The van der Waals surface area contributed by atoms with Gasteiger partial charge in [-0.2, -0.15) is 8.42 Å². The van der Waals surface area contributed by atoms with Gasteiger partial charge in [0.2, 0.25) is 0 Å². The third kappa shape index (κ3) is 4.15. The van der Waals surface area contributed by atoms with Gasteiger partial charge in [0.05, 0.1) is 25.1 Å². The van der Waals surface area contributed by atoms with Crippen LogP contribution in [0, 0.1) is 0 Å². The Bertz CT molecular complexity index is 353. The van der Waals surface area contributed by atoms with Crippen LogP contribution in [0.1, 0.15) is 20.3 Å². The van der Waals surface area contributed by atoms with Gasteiger partial charge < -0.3 is 19.7 Å². The second-order valence-electron chi connectivity index (χ2n) is 4.43. The summed E-state index contributed by atoms with van der Waals surface area (Å²) in [6.45, 7) is 3.54. The molecule has 1 rings (SSSR count). The number of hydrogen-bond donors (Lipinski definition) is 2. The number of hydrogen-bond acceptors (Lipinski definition) is 7. The van der Waals surface area contributed by atoms with Gasteiger partial charge in [-0.05, 0) is 20.3 Å². The molecule has 0 unspecified atom stereocenters. The molecular formula is C10H20O7S. The van der Waals surface area contributed by atoms with Crippen molar-refractivity contribution in [3.05, 3.63) is 0 Å². The summed E-state index contributed by atoms with van der Waals surface area (Å²) in [5.41, 5.74) is 0. The molecule has 1 saturated heterocycles. The van der Waals surface area contributed by atoms with E-state index in [1.165, 1.54) is 0 Å². The molecule has 0 saturated carbocycles. The molecule has 1 fully saturated rings. The number of aliphatic hydroxyl groups excluding tert-OH is 2. The second kappa shape index (κ2) is 6.27. The highest BCUT2D eigenvalue weighted by atomic mass is 32.2. The zero-order valence-electron chi connectivity index (χ0n) is 10.6. The highest BCUT2D eigenvalue weighted by molar-refractivity contribution is 7.86. The Labute approximate surface area is 107 Å². The molecule has 0 spiro atoms. The van der Waals surface area contributed by atoms with Crippen LogP contribution >= 0.6 is 0 Å². The average molecular weight is 284 g/mol. The standard InChI is InChI=1S/C10H20O7S/c1-6(2)16-10-9(12)8(11)7(17-10)4-5-18(13,14)15-3/h6-12H,4-5H2,1-3H3/t7-,8-,9-,10-/m1/s1. The summed E-state index contributed by atoms with van der Waals surface area (Å²) in [6, 6.07) is 0. The summed E-state index contributed by atoms with van der Waals surface area (Å²) < 4.78 is 37.2. The Morgan fingerprint density at radius 2 is 1.89 bits per heavy atom. The molecule has 8 heteroatoms. The van der Waals surface area contributed by atoms with E-state index in [1.807, 2.05) is 0 Å². The summed E-state index contributed by atoms with van der Waals surface area (Å²) >= 11 is 0. The molecule has 0 bridgehead atoms. The maximum Gasteiger partial charge on any atom is 0.267 e. The minimum Gasteiger partial charge on any atom is -0.387 e. The van der Waals surface area contributed by atoms with Gasteiger partial charge in [-0.25, -0.2) is 0 Å². The normalized spacial score (nSPS) is 33.2. The molecule has 0 aromatic carbocycles. The molecule has 4 atom stereocenters. The van der Waals surface area contributed by atoms with E-state index in [4.69, 9.17) is 9.47 Å². The molecule has 0 aromatic rings. The van der Waals surface area contributed by atoms with E-state index in [0.717, 1.165) is 7.11 Å². The van der Waals surface area contributed by atoms with Crippen LogP contribution in [0.25, 0.3) is 0 Å². The summed E-state index contributed by atoms with van der Waals surface area (Å²) in [4.78, 5) is 0. The summed E-state index contributed by atoms with van der Waals surface area (Å²) in [6.07, 6.45) is -4.20. The van der Waals surface area contributed by atoms with Crippen LogP contribution in [0.15, 0.2) is 0 Å². The Hall–Kier alpha value is -0.250. The minimum absolute atomic E-state index is 0.0341. The fourth-order valence-corrected chi connectivity index (χ4v) is 2.37. The van der Waals surface area contributed by atoms with Gasteiger partial charge in [0.25, 0.3) is 10.1 Å². The fourth-order valence-electron chi connectivity index (χ4n) is 1.68. The molecule has 108 valence electrons. The predicted molar refractivity (Wildman–Crippen MR) is 62.3 cm³/mol. The van der Waals surface area contributed by atoms with E-state index in [0.29, 0.717) is 0 Å². The zero-order chi connectivity index (χ0) is 13.9. The third-order valence-corrected chi connectivity index (χ3v) is 3.87. The van der Waals surface area contributed by atoms with Crippen LogP contribution in [0.5, 0.6) is 0 Å². The first-order chi connectivity index (χ1) is 8.26. The van der Waals surface area contributed by atoms with Crippen LogP contribution in [0.4, 0.5) is 0 Å². The lowest BCUT2D eigenvalue weighted by molar-refractivity contribution is -0.183. The maximum absolute atomic E-state index is 11.2. The molecule has 0 aliphatic carbocycles. The van der Waals surface area contributed by atoms with Crippen LogP contribution in [0.2, 0.25) is 0 Å². The molecule has 0 amide bonds. The van der Waals surface area contributed by atoms with Crippen molar-refractivity contribution < 1.29 is 32.3 Å². The lowest BCUT2D eigenvalue weighted by atomic mass is 10.1. The molecule has 0 aromatic heterocycles. The number of rotatable bonds is 6. The van der Waals surface area contributed by atoms with Crippen LogP contribution in [-0.4, -0.2) is 62.2 Å². The first-order valence-electron chi connectivity index (χ1n) is 5.72. The van der Waals surface area contributed by atoms with Gasteiger partial charge in [0.1, 0.15) is 12.2 Å². The Morgan fingerprint density at radius 3 is 2.39 bits per heavy atom. The summed E-state index contributed by atoms with van der Waals surface area (Å²) in [7, 11) is -2.53. The predicted octanol–water partition coefficient (Wildman–Crippen LogP) is -0.776. The smallest absolute Gasteiger partial charge is 0.267 e. The highest BCUT2D eigenvalue weighted by Crippen LogP contribution is 2.25. The van der Waals surface area contributed by atoms with E-state index >= 15 is 0 Å². The van der Waals surface area contributed by atoms with Gasteiger partial charge in [0.15, 0.2) is 6.29 Å². The monoisotopic (exact) mass is 284 g/mol. The SMILES string of the molecule is COS(=O)(=O)CC[C@H]1O[C@@H](OC(C)C)[C@H](O)[C@@H]1O. The van der Waals surface area contributed by atoms with E-state index in [2.05, 4.69) is 4.18 Å². The number of ether oxygens (including phenoxy) is 2. The largest absolute Gasteiger partial charge is 0.387 e. The molecule has 1 aliphatic heterocycles. The van der Waals surface area contributed by atoms with Gasteiger partial charge >= 0.3 is 0 Å². The first kappa shape index (κ1) is 15.8. The third-order valence-electron chi connectivity index (χ3n) is 2.63. The first-order valence-corrected chi connectivity index (χ1v) is 7.30. The van der Waals surface area contributed by atoms with Gasteiger partial charge in [-0.3, -0.25) is 4.18 Å². The number of aliphatic hydroxyl groups is 2. The fraction of sp³-hybridized carbons (Fsp3) is 1.00. The van der Waals surface area contributed by atoms with Crippen molar-refractivity contribution in [3.8, 4) is 0 Å². The van der Waals surface area contributed by atoms with Gasteiger partial charge in [0, 0.05) is 0 Å². The van der Waals surface area contributed by atoms with Gasteiger partial charge in [-0.1, -0.05) is 0 Å². The summed E-state index contributed by atoms with van der Waals surface area (Å²) in [5, 5.41) is 19.4. The van der Waals surface area contributed by atoms with E-state index < -0.39 is 34.7 Å². The van der Waals surface area contributed by atoms with Crippen molar-refractivity contribution in [2.45, 2.75) is 51.0 Å². The van der Waals surface area contributed by atoms with Crippen molar-refractivity contribution in [1.82, 2.24) is 0 Å². The molecule has 2 N–H and O–H groups in total. The lowest BCUT2D eigenvalue weighted by Crippen LogP contribution is -2.35. The van der Waals surface area contributed by atoms with Crippen molar-refractivity contribution in [2.75, 3.05) is 12.9 Å². The molecule has 0 radical (unpaired) electrons. The quantitative estimate of drug-likeness (QED) is 0.617. The second-order valence-corrected chi connectivity index (χ2v) is 6.28. The minimum atomic E-state index is -3.60. The molecule has 7 nitrogen and oxygen atoms in total. The Kier molecular flexibility index (Phi) is 5.50. The Balaban J connectivity index is 2.53. The molecule has 1 heterocycles. The van der Waals surface area contributed by atoms with E-state index in [9.17, 15) is 18.6 Å². The highest BCUT2D eigenvalue weighted by Gasteiger charge is 2.43. The van der Waals surface area contributed by atoms with Crippen molar-refractivity contribution in [2.24, 2.45) is 0 Å². The van der Waals surface area contributed by atoms with Crippen LogP contribution < -0.4 is 0 Å². The van der Waals surface area contributed by atoms with E-state index in [-0.39, 0.29) is 18.3 Å². The van der Waals surface area contributed by atoms with Crippen molar-refractivity contribution in [3.63, 3.8) is 0 Å². The van der Waals surface area contributed by atoms with Gasteiger partial charge in [-0.15, -0.1) is 0 Å². The topological polar surface area (TPSA) is 102 Å². The molecular weight excluding hydrogens is 264 g/mol. The Morgan fingerprint density at radius 1 is 1.28 bits per heavy atom. The average Bonchev–Trinajstić information content (AvgIpc) is 2.54. The van der Waals surface area contributed by atoms with Crippen molar-refractivity contribution in [1.29, 1.82) is 0 Å². The van der Waals surface area contributed by atoms with Crippen LogP contribution in [0.3, 0.4) is 0 Å². The molecule has 1 aliphatic rings. The van der Waals surface area contributed by atoms with E-state index in [1.54, 1.807) is 13.8 Å².